The Morgan fingerprint density at radius 1 is 1.36 bits per heavy atom. The van der Waals surface area contributed by atoms with E-state index in [2.05, 4.69) is 38.1 Å². The van der Waals surface area contributed by atoms with Crippen molar-refractivity contribution in [3.05, 3.63) is 35.4 Å². The van der Waals surface area contributed by atoms with Crippen molar-refractivity contribution in [3.8, 4) is 0 Å². The maximum atomic E-state index is 10.2. The van der Waals surface area contributed by atoms with Crippen molar-refractivity contribution in [2.75, 3.05) is 0 Å². The third kappa shape index (κ3) is 1.69. The Balaban J connectivity index is 2.07. The molecular weight excluding hydrogens is 172 g/mol. The predicted molar refractivity (Wildman–Crippen MR) is 58.2 cm³/mol. The van der Waals surface area contributed by atoms with Crippen molar-refractivity contribution in [2.45, 2.75) is 38.7 Å². The van der Waals surface area contributed by atoms with E-state index in [-0.39, 0.29) is 0 Å². The highest BCUT2D eigenvalue weighted by Gasteiger charge is 2.41. The fourth-order valence-corrected chi connectivity index (χ4v) is 2.09. The van der Waals surface area contributed by atoms with Gasteiger partial charge in [0.05, 0.1) is 5.60 Å². The number of hydrogen-bond acceptors (Lipinski definition) is 1. The van der Waals surface area contributed by atoms with Crippen molar-refractivity contribution in [1.82, 2.24) is 0 Å². The summed E-state index contributed by atoms with van der Waals surface area (Å²) in [5, 5.41) is 10.2. The zero-order chi connectivity index (χ0) is 10.2. The SMILES string of the molecule is Cc1ccc(CC2(O)CCC2C)cc1. The molecule has 2 rings (SSSR count). The van der Waals surface area contributed by atoms with Gasteiger partial charge in [0.25, 0.3) is 0 Å². The predicted octanol–water partition coefficient (Wildman–Crippen LogP) is 2.70. The lowest BCUT2D eigenvalue weighted by molar-refractivity contribution is -0.0851. The Morgan fingerprint density at radius 3 is 2.43 bits per heavy atom. The smallest absolute Gasteiger partial charge is 0.0713 e. The average molecular weight is 190 g/mol. The molecule has 0 amide bonds. The molecule has 1 heteroatoms. The van der Waals surface area contributed by atoms with Crippen LogP contribution < -0.4 is 0 Å². The molecule has 0 bridgehead atoms. The highest BCUT2D eigenvalue weighted by atomic mass is 16.3. The van der Waals surface area contributed by atoms with Gasteiger partial charge in [0.1, 0.15) is 0 Å². The summed E-state index contributed by atoms with van der Waals surface area (Å²) >= 11 is 0. The van der Waals surface area contributed by atoms with E-state index in [4.69, 9.17) is 0 Å². The molecule has 1 saturated carbocycles. The van der Waals surface area contributed by atoms with Crippen LogP contribution in [-0.2, 0) is 6.42 Å². The van der Waals surface area contributed by atoms with Crippen LogP contribution in [0.15, 0.2) is 24.3 Å². The monoisotopic (exact) mass is 190 g/mol. The molecule has 2 atom stereocenters. The molecular formula is C13H18O. The van der Waals surface area contributed by atoms with Gasteiger partial charge in [-0.3, -0.25) is 0 Å². The van der Waals surface area contributed by atoms with E-state index >= 15 is 0 Å². The van der Waals surface area contributed by atoms with Crippen LogP contribution in [0, 0.1) is 12.8 Å². The molecule has 1 N–H and O–H groups in total. The highest BCUT2D eigenvalue weighted by Crippen LogP contribution is 2.40. The minimum Gasteiger partial charge on any atom is -0.389 e. The van der Waals surface area contributed by atoms with Crippen LogP contribution in [-0.4, -0.2) is 10.7 Å². The Hall–Kier alpha value is -0.820. The van der Waals surface area contributed by atoms with E-state index in [0.29, 0.717) is 5.92 Å². The van der Waals surface area contributed by atoms with Gasteiger partial charge in [-0.05, 0) is 31.2 Å². The third-order valence-electron chi connectivity index (χ3n) is 3.56. The average Bonchev–Trinajstić information content (AvgIpc) is 2.19. The zero-order valence-corrected chi connectivity index (χ0v) is 8.96. The van der Waals surface area contributed by atoms with Gasteiger partial charge in [0.15, 0.2) is 0 Å². The van der Waals surface area contributed by atoms with E-state index in [1.165, 1.54) is 17.5 Å². The molecule has 0 heterocycles. The van der Waals surface area contributed by atoms with Crippen molar-refractivity contribution >= 4 is 0 Å². The second-order valence-electron chi connectivity index (χ2n) is 4.71. The van der Waals surface area contributed by atoms with E-state index in [0.717, 1.165) is 12.8 Å². The Kier molecular flexibility index (Phi) is 2.36. The van der Waals surface area contributed by atoms with E-state index in [1.54, 1.807) is 0 Å². The zero-order valence-electron chi connectivity index (χ0n) is 8.96. The molecule has 1 fully saturated rings. The number of aliphatic hydroxyl groups is 1. The van der Waals surface area contributed by atoms with Crippen molar-refractivity contribution in [3.63, 3.8) is 0 Å². The molecule has 1 aromatic rings. The van der Waals surface area contributed by atoms with Gasteiger partial charge in [-0.2, -0.15) is 0 Å². The summed E-state index contributed by atoms with van der Waals surface area (Å²) in [4.78, 5) is 0. The molecule has 0 aliphatic heterocycles. The second kappa shape index (κ2) is 3.39. The molecule has 1 aliphatic carbocycles. The van der Waals surface area contributed by atoms with Crippen molar-refractivity contribution in [1.29, 1.82) is 0 Å². The molecule has 0 aromatic heterocycles. The van der Waals surface area contributed by atoms with E-state index in [9.17, 15) is 5.11 Å². The van der Waals surface area contributed by atoms with Gasteiger partial charge in [-0.15, -0.1) is 0 Å². The summed E-state index contributed by atoms with van der Waals surface area (Å²) in [7, 11) is 0. The molecule has 0 saturated heterocycles. The van der Waals surface area contributed by atoms with E-state index in [1.807, 2.05) is 0 Å². The highest BCUT2D eigenvalue weighted by molar-refractivity contribution is 5.23. The van der Waals surface area contributed by atoms with Gasteiger partial charge in [-0.25, -0.2) is 0 Å². The van der Waals surface area contributed by atoms with Crippen LogP contribution in [0.1, 0.15) is 30.9 Å². The van der Waals surface area contributed by atoms with Crippen LogP contribution in [0.2, 0.25) is 0 Å². The summed E-state index contributed by atoms with van der Waals surface area (Å²) < 4.78 is 0. The van der Waals surface area contributed by atoms with Crippen molar-refractivity contribution < 1.29 is 5.11 Å². The third-order valence-corrected chi connectivity index (χ3v) is 3.56. The molecule has 76 valence electrons. The van der Waals surface area contributed by atoms with Gasteiger partial charge in [-0.1, -0.05) is 36.8 Å². The first-order valence-electron chi connectivity index (χ1n) is 5.38. The maximum absolute atomic E-state index is 10.2. The van der Waals surface area contributed by atoms with Gasteiger partial charge in [0.2, 0.25) is 0 Å². The minimum absolute atomic E-state index is 0.421. The molecule has 1 aliphatic rings. The summed E-state index contributed by atoms with van der Waals surface area (Å²) in [6.07, 6.45) is 2.94. The topological polar surface area (TPSA) is 20.2 Å². The Bertz CT molecular complexity index is 315. The molecule has 0 spiro atoms. The Morgan fingerprint density at radius 2 is 2.00 bits per heavy atom. The van der Waals surface area contributed by atoms with E-state index < -0.39 is 5.60 Å². The standard InChI is InChI=1S/C13H18O/c1-10-3-5-12(6-4-10)9-13(14)8-7-11(13)2/h3-6,11,14H,7-9H2,1-2H3. The summed E-state index contributed by atoms with van der Waals surface area (Å²) in [6.45, 7) is 4.22. The first-order valence-corrected chi connectivity index (χ1v) is 5.38. The quantitative estimate of drug-likeness (QED) is 0.760. The number of benzene rings is 1. The van der Waals surface area contributed by atoms with Gasteiger partial charge in [0, 0.05) is 6.42 Å². The largest absolute Gasteiger partial charge is 0.389 e. The van der Waals surface area contributed by atoms with Crippen molar-refractivity contribution in [2.24, 2.45) is 5.92 Å². The lowest BCUT2D eigenvalue weighted by Crippen LogP contribution is -2.47. The minimum atomic E-state index is -0.421. The summed E-state index contributed by atoms with van der Waals surface area (Å²) in [5.41, 5.74) is 2.11. The van der Waals surface area contributed by atoms with Crippen LogP contribution in [0.5, 0.6) is 0 Å². The molecule has 14 heavy (non-hydrogen) atoms. The first kappa shape index (κ1) is 9.72. The van der Waals surface area contributed by atoms with Crippen LogP contribution in [0.4, 0.5) is 0 Å². The molecule has 1 nitrogen and oxygen atoms in total. The lowest BCUT2D eigenvalue weighted by atomic mass is 9.67. The lowest BCUT2D eigenvalue weighted by Gasteiger charge is -2.43. The fourth-order valence-electron chi connectivity index (χ4n) is 2.09. The second-order valence-corrected chi connectivity index (χ2v) is 4.71. The Labute approximate surface area is 85.8 Å². The van der Waals surface area contributed by atoms with Gasteiger partial charge >= 0.3 is 0 Å². The number of hydrogen-bond donors (Lipinski definition) is 1. The maximum Gasteiger partial charge on any atom is 0.0713 e. The number of aryl methyl sites for hydroxylation is 1. The molecule has 0 radical (unpaired) electrons. The summed E-state index contributed by atoms with van der Waals surface area (Å²) in [6, 6.07) is 8.47. The van der Waals surface area contributed by atoms with Crippen LogP contribution in [0.25, 0.3) is 0 Å². The number of rotatable bonds is 2. The fraction of sp³-hybridized carbons (Fsp3) is 0.538. The first-order chi connectivity index (χ1) is 6.60. The van der Waals surface area contributed by atoms with Crippen LogP contribution >= 0.6 is 0 Å². The van der Waals surface area contributed by atoms with Gasteiger partial charge < -0.3 is 5.11 Å². The van der Waals surface area contributed by atoms with Crippen LogP contribution in [0.3, 0.4) is 0 Å². The molecule has 1 aromatic carbocycles. The summed E-state index contributed by atoms with van der Waals surface area (Å²) in [5.74, 6) is 0.462. The normalized spacial score (nSPS) is 31.2. The molecule has 2 unspecified atom stereocenters.